The van der Waals surface area contributed by atoms with Crippen LogP contribution in [0.4, 0.5) is 0 Å². The van der Waals surface area contributed by atoms with Crippen molar-refractivity contribution in [2.24, 2.45) is 0 Å². The Morgan fingerprint density at radius 1 is 0.900 bits per heavy atom. The summed E-state index contributed by atoms with van der Waals surface area (Å²) in [5.74, 6) is 6.92. The first-order chi connectivity index (χ1) is 4.73. The first-order valence-electron chi connectivity index (χ1n) is 3.58. The Labute approximate surface area is 67.5 Å². The minimum Gasteiger partial charge on any atom is -0.265 e. The summed E-state index contributed by atoms with van der Waals surface area (Å²) < 4.78 is 0. The molecule has 1 aromatic heterocycles. The number of aromatic nitrogens is 1. The lowest BCUT2D eigenvalue weighted by molar-refractivity contribution is 1.33. The van der Waals surface area contributed by atoms with Crippen molar-refractivity contribution in [3.05, 3.63) is 30.6 Å². The molecule has 0 unspecified atom stereocenters. The Kier molecular flexibility index (Phi) is 6.58. The van der Waals surface area contributed by atoms with Gasteiger partial charge in [-0.2, -0.15) is 0 Å². The van der Waals surface area contributed by atoms with Gasteiger partial charge in [0, 0.05) is 12.4 Å². The van der Waals surface area contributed by atoms with Crippen molar-refractivity contribution in [1.82, 2.24) is 4.98 Å². The zero-order valence-electron chi connectivity index (χ0n) is 6.91. The van der Waals surface area contributed by atoms with Crippen LogP contribution in [0.5, 0.6) is 0 Å². The summed E-state index contributed by atoms with van der Waals surface area (Å²) >= 11 is -0.139. The fourth-order valence-electron chi connectivity index (χ4n) is 0.313. The summed E-state index contributed by atoms with van der Waals surface area (Å²) in [5, 5.41) is 0. The predicted molar refractivity (Wildman–Crippen MR) is 47.6 cm³/mol. The van der Waals surface area contributed by atoms with Gasteiger partial charge >= 0.3 is 0 Å². The zero-order valence-corrected chi connectivity index (χ0v) is 8.07. The molecule has 2 heteroatoms. The first kappa shape index (κ1) is 9.68. The van der Waals surface area contributed by atoms with Crippen molar-refractivity contribution < 1.29 is 0 Å². The highest BCUT2D eigenvalue weighted by Crippen LogP contribution is 1.73. The van der Waals surface area contributed by atoms with Crippen LogP contribution in [0.15, 0.2) is 30.6 Å². The standard InChI is InChI=1S/C5H5N.3CH3.Al/c1-2-4-6-5-3-1;;;;/h1-5H;3*1H3;. The van der Waals surface area contributed by atoms with Crippen molar-refractivity contribution in [2.75, 3.05) is 0 Å². The molecule has 0 N–H and O–H groups in total. The van der Waals surface area contributed by atoms with Crippen LogP contribution in [-0.4, -0.2) is 19.1 Å². The first-order valence-corrected chi connectivity index (χ1v) is 7.05. The number of pyridine rings is 1. The number of rotatable bonds is 0. The highest BCUT2D eigenvalue weighted by molar-refractivity contribution is 6.54. The van der Waals surface area contributed by atoms with E-state index in [-0.39, 0.29) is 14.1 Å². The SMILES string of the molecule is [CH3][Al]([CH3])[CH3].c1ccncc1. The Bertz CT molecular complexity index is 110. The average molecular weight is 151 g/mol. The third-order valence-corrected chi connectivity index (χ3v) is 0.566. The van der Waals surface area contributed by atoms with E-state index in [0.717, 1.165) is 0 Å². The van der Waals surface area contributed by atoms with Crippen LogP contribution >= 0.6 is 0 Å². The fourth-order valence-corrected chi connectivity index (χ4v) is 0.313. The van der Waals surface area contributed by atoms with E-state index in [1.165, 1.54) is 0 Å². The van der Waals surface area contributed by atoms with Crippen LogP contribution in [-0.2, 0) is 0 Å². The van der Waals surface area contributed by atoms with Crippen molar-refractivity contribution in [1.29, 1.82) is 0 Å². The van der Waals surface area contributed by atoms with Gasteiger partial charge in [-0.15, -0.1) is 17.4 Å². The van der Waals surface area contributed by atoms with Crippen molar-refractivity contribution in [2.45, 2.75) is 17.4 Å². The topological polar surface area (TPSA) is 12.9 Å². The van der Waals surface area contributed by atoms with E-state index in [1.54, 1.807) is 12.4 Å². The summed E-state index contributed by atoms with van der Waals surface area (Å²) in [6.45, 7) is 0. The van der Waals surface area contributed by atoms with E-state index in [9.17, 15) is 0 Å². The second kappa shape index (κ2) is 6.80. The molecule has 0 aromatic carbocycles. The molecule has 0 saturated heterocycles. The van der Waals surface area contributed by atoms with Crippen molar-refractivity contribution in [3.63, 3.8) is 0 Å². The molecular weight excluding hydrogens is 137 g/mol. The molecule has 0 radical (unpaired) electrons. The van der Waals surface area contributed by atoms with Crippen LogP contribution in [0.25, 0.3) is 0 Å². The second-order valence-corrected chi connectivity index (χ2v) is 6.22. The molecule has 0 atom stereocenters. The minimum absolute atomic E-state index is 0.139. The van der Waals surface area contributed by atoms with Gasteiger partial charge < -0.3 is 0 Å². The number of nitrogens with zero attached hydrogens (tertiary/aromatic N) is 1. The van der Waals surface area contributed by atoms with Gasteiger partial charge in [-0.3, -0.25) is 4.98 Å². The largest absolute Gasteiger partial charge is 0.265 e. The van der Waals surface area contributed by atoms with Crippen LogP contribution < -0.4 is 0 Å². The number of hydrogen-bond acceptors (Lipinski definition) is 1. The lowest BCUT2D eigenvalue weighted by Gasteiger charge is -1.70. The quantitative estimate of drug-likeness (QED) is 0.519. The van der Waals surface area contributed by atoms with Crippen LogP contribution in [0.3, 0.4) is 0 Å². The van der Waals surface area contributed by atoms with E-state index in [0.29, 0.717) is 0 Å². The highest BCUT2D eigenvalue weighted by Gasteiger charge is 1.81. The van der Waals surface area contributed by atoms with Gasteiger partial charge in [0.1, 0.15) is 0 Å². The molecule has 0 bridgehead atoms. The zero-order chi connectivity index (χ0) is 7.82. The molecule has 0 aliphatic rings. The third-order valence-electron chi connectivity index (χ3n) is 0.566. The molecule has 1 heterocycles. The summed E-state index contributed by atoms with van der Waals surface area (Å²) in [5.41, 5.74) is 0. The van der Waals surface area contributed by atoms with E-state index in [2.05, 4.69) is 22.3 Å². The predicted octanol–water partition coefficient (Wildman–Crippen LogP) is 2.45. The minimum atomic E-state index is -0.139. The molecule has 1 nitrogen and oxygen atoms in total. The van der Waals surface area contributed by atoms with Gasteiger partial charge in [-0.1, -0.05) is 6.07 Å². The van der Waals surface area contributed by atoms with Gasteiger partial charge in [0.15, 0.2) is 0 Å². The highest BCUT2D eigenvalue weighted by atomic mass is 27.2. The van der Waals surface area contributed by atoms with Gasteiger partial charge in [-0.25, -0.2) is 0 Å². The van der Waals surface area contributed by atoms with Gasteiger partial charge in [0.25, 0.3) is 14.1 Å². The van der Waals surface area contributed by atoms with Crippen molar-refractivity contribution in [3.8, 4) is 0 Å². The van der Waals surface area contributed by atoms with Gasteiger partial charge in [-0.05, 0) is 12.1 Å². The Balaban J connectivity index is 0.000000180. The maximum Gasteiger partial charge on any atom is 0.251 e. The molecule has 10 heavy (non-hydrogen) atoms. The Morgan fingerprint density at radius 3 is 1.40 bits per heavy atom. The van der Waals surface area contributed by atoms with Gasteiger partial charge in [0.05, 0.1) is 0 Å². The monoisotopic (exact) mass is 151 g/mol. The molecule has 54 valence electrons. The average Bonchev–Trinajstić information content (AvgIpc) is 1.90. The lowest BCUT2D eigenvalue weighted by atomic mass is 10.5. The normalized spacial score (nSPS) is 7.50. The molecule has 0 amide bonds. The fraction of sp³-hybridized carbons (Fsp3) is 0.375. The molecule has 0 aliphatic heterocycles. The molecular formula is C8H14AlN. The van der Waals surface area contributed by atoms with Crippen LogP contribution in [0.2, 0.25) is 17.4 Å². The third kappa shape index (κ3) is 10.6. The van der Waals surface area contributed by atoms with Gasteiger partial charge in [0.2, 0.25) is 0 Å². The second-order valence-electron chi connectivity index (χ2n) is 2.76. The summed E-state index contributed by atoms with van der Waals surface area (Å²) in [6, 6.07) is 5.72. The Hall–Kier alpha value is -0.318. The molecule has 0 saturated carbocycles. The van der Waals surface area contributed by atoms with Crippen LogP contribution in [0, 0.1) is 0 Å². The molecule has 0 spiro atoms. The maximum absolute atomic E-state index is 3.78. The van der Waals surface area contributed by atoms with E-state index >= 15 is 0 Å². The lowest BCUT2D eigenvalue weighted by Crippen LogP contribution is -1.84. The maximum atomic E-state index is 3.78. The number of hydrogen-bond donors (Lipinski definition) is 0. The smallest absolute Gasteiger partial charge is 0.251 e. The molecule has 1 aromatic rings. The molecule has 1 rings (SSSR count). The van der Waals surface area contributed by atoms with Crippen molar-refractivity contribution >= 4 is 14.1 Å². The van der Waals surface area contributed by atoms with E-state index in [1.807, 2.05) is 18.2 Å². The summed E-state index contributed by atoms with van der Waals surface area (Å²) in [6.07, 6.45) is 3.50. The van der Waals surface area contributed by atoms with Crippen LogP contribution in [0.1, 0.15) is 0 Å². The molecule has 0 aliphatic carbocycles. The summed E-state index contributed by atoms with van der Waals surface area (Å²) in [7, 11) is 0. The Morgan fingerprint density at radius 2 is 1.30 bits per heavy atom. The van der Waals surface area contributed by atoms with E-state index in [4.69, 9.17) is 0 Å². The summed E-state index contributed by atoms with van der Waals surface area (Å²) in [4.78, 5) is 3.78. The van der Waals surface area contributed by atoms with E-state index < -0.39 is 0 Å². The molecule has 0 fully saturated rings.